The van der Waals surface area contributed by atoms with Gasteiger partial charge in [-0.3, -0.25) is 4.90 Å². The minimum atomic E-state index is 1.00. The van der Waals surface area contributed by atoms with E-state index in [9.17, 15) is 0 Å². The van der Waals surface area contributed by atoms with Crippen LogP contribution in [0.15, 0.2) is 30.3 Å². The summed E-state index contributed by atoms with van der Waals surface area (Å²) in [5.74, 6) is 2.00. The van der Waals surface area contributed by atoms with Crippen LogP contribution in [0.1, 0.15) is 37.7 Å². The minimum Gasteiger partial charge on any atom is -0.299 e. The first-order valence-electron chi connectivity index (χ1n) is 7.18. The molecule has 0 spiro atoms. The van der Waals surface area contributed by atoms with Crippen molar-refractivity contribution in [3.63, 3.8) is 0 Å². The first-order valence-corrected chi connectivity index (χ1v) is 7.18. The lowest BCUT2D eigenvalue weighted by molar-refractivity contribution is 0.306. The molecule has 2 fully saturated rings. The third-order valence-corrected chi connectivity index (χ3v) is 4.55. The zero-order valence-corrected chi connectivity index (χ0v) is 10.6. The van der Waals surface area contributed by atoms with Crippen molar-refractivity contribution in [2.75, 3.05) is 13.1 Å². The lowest BCUT2D eigenvalue weighted by Gasteiger charge is -2.16. The molecule has 0 bridgehead atoms. The minimum absolute atomic E-state index is 1.00. The van der Waals surface area contributed by atoms with Gasteiger partial charge in [-0.05, 0) is 30.2 Å². The molecule has 1 nitrogen and oxygen atoms in total. The molecule has 17 heavy (non-hydrogen) atoms. The molecule has 1 heterocycles. The summed E-state index contributed by atoms with van der Waals surface area (Å²) < 4.78 is 0. The van der Waals surface area contributed by atoms with Gasteiger partial charge in [0, 0.05) is 19.6 Å². The highest BCUT2D eigenvalue weighted by atomic mass is 15.2. The van der Waals surface area contributed by atoms with Crippen LogP contribution < -0.4 is 0 Å². The van der Waals surface area contributed by atoms with E-state index < -0.39 is 0 Å². The Kier molecular flexibility index (Phi) is 3.46. The maximum Gasteiger partial charge on any atom is 0.0233 e. The third-order valence-electron chi connectivity index (χ3n) is 4.55. The van der Waals surface area contributed by atoms with E-state index in [-0.39, 0.29) is 0 Å². The molecule has 1 saturated carbocycles. The summed E-state index contributed by atoms with van der Waals surface area (Å²) in [5, 5.41) is 0. The van der Waals surface area contributed by atoms with Crippen LogP contribution in [0.2, 0.25) is 0 Å². The van der Waals surface area contributed by atoms with Crippen LogP contribution in [-0.2, 0) is 6.54 Å². The Balaban J connectivity index is 1.60. The molecule has 3 rings (SSSR count). The Bertz CT molecular complexity index is 332. The Labute approximate surface area is 105 Å². The van der Waals surface area contributed by atoms with Crippen molar-refractivity contribution < 1.29 is 0 Å². The van der Waals surface area contributed by atoms with E-state index in [1.807, 2.05) is 0 Å². The largest absolute Gasteiger partial charge is 0.299 e. The lowest BCUT2D eigenvalue weighted by atomic mass is 9.92. The van der Waals surface area contributed by atoms with Gasteiger partial charge in [-0.15, -0.1) is 0 Å². The van der Waals surface area contributed by atoms with Crippen LogP contribution in [-0.4, -0.2) is 18.0 Å². The number of hydrogen-bond donors (Lipinski definition) is 0. The number of benzene rings is 1. The quantitative estimate of drug-likeness (QED) is 0.747. The van der Waals surface area contributed by atoms with E-state index in [0.717, 1.165) is 18.4 Å². The fourth-order valence-electron chi connectivity index (χ4n) is 3.65. The lowest BCUT2D eigenvalue weighted by Crippen LogP contribution is -2.20. The van der Waals surface area contributed by atoms with Crippen LogP contribution in [0.5, 0.6) is 0 Å². The zero-order valence-electron chi connectivity index (χ0n) is 10.6. The van der Waals surface area contributed by atoms with Crippen molar-refractivity contribution >= 4 is 0 Å². The second-order valence-corrected chi connectivity index (χ2v) is 5.84. The first-order chi connectivity index (χ1) is 8.42. The molecule has 2 unspecified atom stereocenters. The molecule has 1 aromatic rings. The number of likely N-dealkylation sites (tertiary alicyclic amines) is 1. The van der Waals surface area contributed by atoms with Gasteiger partial charge in [0.25, 0.3) is 0 Å². The Morgan fingerprint density at radius 1 is 0.882 bits per heavy atom. The second kappa shape index (κ2) is 5.22. The molecule has 1 aliphatic heterocycles. The molecule has 92 valence electrons. The topological polar surface area (TPSA) is 3.24 Å². The summed E-state index contributed by atoms with van der Waals surface area (Å²) in [7, 11) is 0. The third kappa shape index (κ3) is 2.71. The van der Waals surface area contributed by atoms with Crippen molar-refractivity contribution in [1.82, 2.24) is 4.90 Å². The smallest absolute Gasteiger partial charge is 0.0233 e. The molecule has 0 N–H and O–H groups in total. The molecule has 2 aliphatic rings. The average molecular weight is 229 g/mol. The van der Waals surface area contributed by atoms with Gasteiger partial charge in [0.1, 0.15) is 0 Å². The van der Waals surface area contributed by atoms with Gasteiger partial charge in [0.2, 0.25) is 0 Å². The number of rotatable bonds is 2. The molecule has 1 aromatic carbocycles. The summed E-state index contributed by atoms with van der Waals surface area (Å²) in [6.07, 6.45) is 7.39. The standard InChI is InChI=1S/C16H23N/c1-3-7-14(8-4-1)11-17-12-15-9-5-2-6-10-16(15)13-17/h1,3-4,7-8,15-16H,2,5-6,9-13H2. The van der Waals surface area contributed by atoms with Crippen LogP contribution in [0.25, 0.3) is 0 Å². The van der Waals surface area contributed by atoms with E-state index in [2.05, 4.69) is 35.2 Å². The highest BCUT2D eigenvalue weighted by Crippen LogP contribution is 2.35. The summed E-state index contributed by atoms with van der Waals surface area (Å²) in [6.45, 7) is 3.85. The predicted octanol–water partition coefficient (Wildman–Crippen LogP) is 3.70. The molecule has 1 heteroatoms. The van der Waals surface area contributed by atoms with Crippen LogP contribution in [0.4, 0.5) is 0 Å². The van der Waals surface area contributed by atoms with Gasteiger partial charge >= 0.3 is 0 Å². The maximum atomic E-state index is 2.68. The summed E-state index contributed by atoms with van der Waals surface area (Å²) in [5.41, 5.74) is 1.48. The number of fused-ring (bicyclic) bond motifs is 1. The van der Waals surface area contributed by atoms with E-state index in [1.54, 1.807) is 0 Å². The molecular weight excluding hydrogens is 206 g/mol. The van der Waals surface area contributed by atoms with Crippen molar-refractivity contribution in [1.29, 1.82) is 0 Å². The second-order valence-electron chi connectivity index (χ2n) is 5.84. The van der Waals surface area contributed by atoms with Crippen molar-refractivity contribution in [3.8, 4) is 0 Å². The highest BCUT2D eigenvalue weighted by molar-refractivity contribution is 5.14. The monoisotopic (exact) mass is 229 g/mol. The highest BCUT2D eigenvalue weighted by Gasteiger charge is 2.32. The fraction of sp³-hybridized carbons (Fsp3) is 0.625. The Morgan fingerprint density at radius 2 is 1.53 bits per heavy atom. The first kappa shape index (κ1) is 11.3. The van der Waals surface area contributed by atoms with Gasteiger partial charge in [-0.1, -0.05) is 49.6 Å². The zero-order chi connectivity index (χ0) is 11.5. The van der Waals surface area contributed by atoms with Crippen molar-refractivity contribution in [2.24, 2.45) is 11.8 Å². The predicted molar refractivity (Wildman–Crippen MR) is 71.8 cm³/mol. The molecule has 0 radical (unpaired) electrons. The van der Waals surface area contributed by atoms with E-state index in [1.165, 1.54) is 50.8 Å². The van der Waals surface area contributed by atoms with Gasteiger partial charge in [-0.2, -0.15) is 0 Å². The Hall–Kier alpha value is -0.820. The number of hydrogen-bond acceptors (Lipinski definition) is 1. The summed E-state index contributed by atoms with van der Waals surface area (Å²) in [4.78, 5) is 2.68. The van der Waals surface area contributed by atoms with Gasteiger partial charge in [-0.25, -0.2) is 0 Å². The van der Waals surface area contributed by atoms with E-state index in [0.29, 0.717) is 0 Å². The maximum absolute atomic E-state index is 2.68. The van der Waals surface area contributed by atoms with E-state index in [4.69, 9.17) is 0 Å². The SMILES string of the molecule is c1ccc(CN2CC3CCCCCC3C2)cc1. The van der Waals surface area contributed by atoms with Crippen molar-refractivity contribution in [2.45, 2.75) is 38.6 Å². The van der Waals surface area contributed by atoms with Crippen molar-refractivity contribution in [3.05, 3.63) is 35.9 Å². The van der Waals surface area contributed by atoms with Gasteiger partial charge in [0.15, 0.2) is 0 Å². The molecule has 0 amide bonds. The molecule has 1 aliphatic carbocycles. The average Bonchev–Trinajstić information content (AvgIpc) is 2.60. The van der Waals surface area contributed by atoms with Crippen LogP contribution >= 0.6 is 0 Å². The van der Waals surface area contributed by atoms with Crippen LogP contribution in [0.3, 0.4) is 0 Å². The van der Waals surface area contributed by atoms with Gasteiger partial charge in [0.05, 0.1) is 0 Å². The van der Waals surface area contributed by atoms with E-state index >= 15 is 0 Å². The molecular formula is C16H23N. The normalized spacial score (nSPS) is 29.9. The number of nitrogens with zero attached hydrogens (tertiary/aromatic N) is 1. The fourth-order valence-corrected chi connectivity index (χ4v) is 3.65. The molecule has 1 saturated heterocycles. The summed E-state index contributed by atoms with van der Waals surface area (Å²) in [6, 6.07) is 10.9. The molecule has 0 aromatic heterocycles. The van der Waals surface area contributed by atoms with Crippen LogP contribution in [0, 0.1) is 11.8 Å². The van der Waals surface area contributed by atoms with Gasteiger partial charge < -0.3 is 0 Å². The molecule has 2 atom stereocenters. The Morgan fingerprint density at radius 3 is 2.18 bits per heavy atom. The summed E-state index contributed by atoms with van der Waals surface area (Å²) >= 11 is 0.